The van der Waals surface area contributed by atoms with Gasteiger partial charge in [-0.1, -0.05) is 30.3 Å². The number of hydrogen-bond acceptors (Lipinski definition) is 3. The van der Waals surface area contributed by atoms with Gasteiger partial charge in [0.2, 0.25) is 0 Å². The van der Waals surface area contributed by atoms with Crippen molar-refractivity contribution >= 4 is 23.3 Å². The van der Waals surface area contributed by atoms with Crippen molar-refractivity contribution in [1.29, 1.82) is 0 Å². The van der Waals surface area contributed by atoms with Crippen LogP contribution in [0, 0.1) is 0 Å². The van der Waals surface area contributed by atoms with Gasteiger partial charge in [0.1, 0.15) is 0 Å². The molecule has 7 nitrogen and oxygen atoms in total. The highest BCUT2D eigenvalue weighted by Crippen LogP contribution is 2.23. The van der Waals surface area contributed by atoms with Gasteiger partial charge in [-0.25, -0.2) is 4.79 Å². The second-order valence-electron chi connectivity index (χ2n) is 7.38. The molecule has 4 N–H and O–H groups in total. The third kappa shape index (κ3) is 7.08. The average molecular weight is 413 g/mol. The third-order valence-electron chi connectivity index (χ3n) is 5.04. The Hall–Kier alpha value is -3.06. The molecule has 0 aromatic heterocycles. The van der Waals surface area contributed by atoms with Crippen LogP contribution in [0.1, 0.15) is 29.8 Å². The maximum Gasteiger partial charge on any atom is 0.319 e. The van der Waals surface area contributed by atoms with Crippen LogP contribution in [0.5, 0.6) is 0 Å². The number of nitrogens with one attached hydrogen (secondary N) is 4. The van der Waals surface area contributed by atoms with E-state index in [-0.39, 0.29) is 11.9 Å². The molecule has 2 aromatic carbocycles. The molecule has 30 heavy (non-hydrogen) atoms. The highest BCUT2D eigenvalue weighted by Gasteiger charge is 2.15. The lowest BCUT2D eigenvalue weighted by atomic mass is 10.1. The zero-order valence-corrected chi connectivity index (χ0v) is 18.4. The molecule has 0 aliphatic rings. The monoisotopic (exact) mass is 412 g/mol. The standard InChI is InChI=1S/C23H33N5O2/c1-5-28(6-2)15-14-24-22(29)20-16-19(12-13-21(20)27(3)4)26-23(30)25-17-18-10-8-7-9-11-18/h7-13,16H,5-6,14-15,17H2,1-4H3,(H,24,29)(H2,25,26,30)/p+1. The molecule has 0 spiro atoms. The van der Waals surface area contributed by atoms with Crippen LogP contribution >= 0.6 is 0 Å². The Kier molecular flexibility index (Phi) is 9.15. The van der Waals surface area contributed by atoms with Crippen LogP contribution in [0.3, 0.4) is 0 Å². The molecule has 0 saturated carbocycles. The van der Waals surface area contributed by atoms with Gasteiger partial charge >= 0.3 is 6.03 Å². The maximum absolute atomic E-state index is 12.8. The fourth-order valence-electron chi connectivity index (χ4n) is 3.19. The van der Waals surface area contributed by atoms with Crippen LogP contribution in [-0.4, -0.2) is 52.2 Å². The second-order valence-corrected chi connectivity index (χ2v) is 7.38. The van der Waals surface area contributed by atoms with Crippen molar-refractivity contribution in [2.45, 2.75) is 20.4 Å². The van der Waals surface area contributed by atoms with E-state index >= 15 is 0 Å². The molecule has 0 bridgehead atoms. The first-order valence-electron chi connectivity index (χ1n) is 10.5. The van der Waals surface area contributed by atoms with Crippen LogP contribution in [-0.2, 0) is 6.54 Å². The fourth-order valence-corrected chi connectivity index (χ4v) is 3.19. The molecular formula is C23H34N5O2+. The first kappa shape index (κ1) is 23.2. The molecule has 0 aliphatic heterocycles. The molecule has 0 aliphatic carbocycles. The highest BCUT2D eigenvalue weighted by molar-refractivity contribution is 6.01. The van der Waals surface area contributed by atoms with Crippen molar-refractivity contribution in [3.05, 3.63) is 59.7 Å². The van der Waals surface area contributed by atoms with Gasteiger partial charge < -0.3 is 25.8 Å². The Morgan fingerprint density at radius 2 is 1.67 bits per heavy atom. The number of hydrogen-bond donors (Lipinski definition) is 4. The summed E-state index contributed by atoms with van der Waals surface area (Å²) in [5.41, 5.74) is 2.94. The van der Waals surface area contributed by atoms with Crippen LogP contribution in [0.15, 0.2) is 48.5 Å². The number of nitrogens with zero attached hydrogens (tertiary/aromatic N) is 1. The Morgan fingerprint density at radius 1 is 0.967 bits per heavy atom. The minimum Gasteiger partial charge on any atom is -0.377 e. The molecule has 0 saturated heterocycles. The van der Waals surface area contributed by atoms with Crippen LogP contribution < -0.4 is 25.8 Å². The molecule has 0 fully saturated rings. The molecule has 162 valence electrons. The molecule has 2 rings (SSSR count). The van der Waals surface area contributed by atoms with E-state index in [2.05, 4.69) is 29.8 Å². The molecule has 7 heteroatoms. The summed E-state index contributed by atoms with van der Waals surface area (Å²) in [6, 6.07) is 14.8. The van der Waals surface area contributed by atoms with Crippen LogP contribution in [0.25, 0.3) is 0 Å². The quantitative estimate of drug-likeness (QED) is 0.480. The van der Waals surface area contributed by atoms with Gasteiger partial charge in [-0.2, -0.15) is 0 Å². The number of carbonyl (C=O) groups is 2. The number of anilines is 2. The molecule has 3 amide bonds. The van der Waals surface area contributed by atoms with Gasteiger partial charge in [0, 0.05) is 32.0 Å². The number of urea groups is 1. The zero-order valence-electron chi connectivity index (χ0n) is 18.4. The van der Waals surface area contributed by atoms with Crippen molar-refractivity contribution in [3.8, 4) is 0 Å². The SMILES string of the molecule is CC[NH+](CC)CCNC(=O)c1cc(NC(=O)NCc2ccccc2)ccc1N(C)C. The number of amides is 3. The van der Waals surface area contributed by atoms with Gasteiger partial charge in [0.05, 0.1) is 31.7 Å². The predicted octanol–water partition coefficient (Wildman–Crippen LogP) is 1.73. The Labute approximate surface area is 179 Å². The fraction of sp³-hybridized carbons (Fsp3) is 0.391. The summed E-state index contributed by atoms with van der Waals surface area (Å²) < 4.78 is 0. The molecule has 2 aromatic rings. The van der Waals surface area contributed by atoms with Gasteiger partial charge in [-0.15, -0.1) is 0 Å². The summed E-state index contributed by atoms with van der Waals surface area (Å²) in [6.07, 6.45) is 0. The summed E-state index contributed by atoms with van der Waals surface area (Å²) in [6.45, 7) is 8.28. The van der Waals surface area contributed by atoms with E-state index < -0.39 is 0 Å². The topological polar surface area (TPSA) is 77.9 Å². The summed E-state index contributed by atoms with van der Waals surface area (Å²) in [5.74, 6) is -0.140. The van der Waals surface area contributed by atoms with Crippen molar-refractivity contribution in [3.63, 3.8) is 0 Å². The van der Waals surface area contributed by atoms with Crippen LogP contribution in [0.4, 0.5) is 16.2 Å². The number of quaternary nitrogens is 1. The largest absolute Gasteiger partial charge is 0.377 e. The smallest absolute Gasteiger partial charge is 0.319 e. The van der Waals surface area contributed by atoms with E-state index in [0.717, 1.165) is 30.9 Å². The summed E-state index contributed by atoms with van der Waals surface area (Å²) >= 11 is 0. The summed E-state index contributed by atoms with van der Waals surface area (Å²) in [7, 11) is 3.79. The van der Waals surface area contributed by atoms with Crippen molar-refractivity contribution in [2.75, 3.05) is 50.5 Å². The van der Waals surface area contributed by atoms with Crippen LogP contribution in [0.2, 0.25) is 0 Å². The lowest BCUT2D eigenvalue weighted by Gasteiger charge is -2.19. The van der Waals surface area contributed by atoms with E-state index in [1.165, 1.54) is 4.90 Å². The number of benzene rings is 2. The Bertz CT molecular complexity index is 820. The number of rotatable bonds is 10. The van der Waals surface area contributed by atoms with Gasteiger partial charge in [0.15, 0.2) is 0 Å². The lowest BCUT2D eigenvalue weighted by molar-refractivity contribution is -0.895. The van der Waals surface area contributed by atoms with Gasteiger partial charge in [0.25, 0.3) is 5.91 Å². The lowest BCUT2D eigenvalue weighted by Crippen LogP contribution is -3.12. The first-order valence-corrected chi connectivity index (χ1v) is 10.5. The zero-order chi connectivity index (χ0) is 21.9. The minimum atomic E-state index is -0.312. The van der Waals surface area contributed by atoms with Crippen molar-refractivity contribution in [2.24, 2.45) is 0 Å². The summed E-state index contributed by atoms with van der Waals surface area (Å²) in [5, 5.41) is 8.65. The van der Waals surface area contributed by atoms with E-state index in [4.69, 9.17) is 0 Å². The molecule has 0 radical (unpaired) electrons. The molecular weight excluding hydrogens is 378 g/mol. The van der Waals surface area contributed by atoms with Crippen molar-refractivity contribution < 1.29 is 14.5 Å². The third-order valence-corrected chi connectivity index (χ3v) is 5.04. The highest BCUT2D eigenvalue weighted by atomic mass is 16.2. The predicted molar refractivity (Wildman–Crippen MR) is 122 cm³/mol. The summed E-state index contributed by atoms with van der Waals surface area (Å²) in [4.78, 5) is 28.4. The normalized spacial score (nSPS) is 10.6. The van der Waals surface area contributed by atoms with Gasteiger partial charge in [-0.05, 0) is 37.6 Å². The molecule has 0 heterocycles. The molecule has 0 atom stereocenters. The van der Waals surface area contributed by atoms with E-state index in [1.54, 1.807) is 12.1 Å². The molecule has 0 unspecified atom stereocenters. The number of likely N-dealkylation sites (N-methyl/N-ethyl adjacent to an activating group) is 1. The number of carbonyl (C=O) groups excluding carboxylic acids is 2. The van der Waals surface area contributed by atoms with E-state index in [9.17, 15) is 9.59 Å². The Balaban J connectivity index is 2.01. The Morgan fingerprint density at radius 3 is 2.30 bits per heavy atom. The minimum absolute atomic E-state index is 0.140. The second kappa shape index (κ2) is 11.8. The first-order chi connectivity index (χ1) is 14.4. The average Bonchev–Trinajstić information content (AvgIpc) is 2.75. The maximum atomic E-state index is 12.8. The van der Waals surface area contributed by atoms with E-state index in [0.29, 0.717) is 24.3 Å². The van der Waals surface area contributed by atoms with Crippen molar-refractivity contribution in [1.82, 2.24) is 10.6 Å². The van der Waals surface area contributed by atoms with E-state index in [1.807, 2.05) is 55.4 Å². The van der Waals surface area contributed by atoms with Gasteiger partial charge in [-0.3, -0.25) is 4.79 Å².